The van der Waals surface area contributed by atoms with Crippen LogP contribution < -0.4 is 5.32 Å². The summed E-state index contributed by atoms with van der Waals surface area (Å²) in [4.78, 5) is 6.27. The van der Waals surface area contributed by atoms with Gasteiger partial charge in [0.2, 0.25) is 0 Å². The van der Waals surface area contributed by atoms with Gasteiger partial charge in [0.1, 0.15) is 17.6 Å². The number of likely N-dealkylation sites (N-methyl/N-ethyl adjacent to an activating group) is 1. The normalized spacial score (nSPS) is 10.9. The summed E-state index contributed by atoms with van der Waals surface area (Å²) in [6.45, 7) is 6.56. The standard InChI is InChI=1S/C22H20ClFN4O/c1-4-5-28(3)12-14-7-18(24)17(23)9-19(14)27-22-15(10-25)11-26-20-6-13(2)21(29)8-16(20)22/h4,6-9,11,29H,1,5,12H2,2-3H3,(H,26,27). The number of anilines is 2. The number of aromatic hydroxyl groups is 1. The summed E-state index contributed by atoms with van der Waals surface area (Å²) in [6.07, 6.45) is 3.23. The average molecular weight is 411 g/mol. The van der Waals surface area contributed by atoms with Gasteiger partial charge in [0, 0.05) is 30.4 Å². The Morgan fingerprint density at radius 3 is 2.83 bits per heavy atom. The monoisotopic (exact) mass is 410 g/mol. The number of rotatable bonds is 6. The highest BCUT2D eigenvalue weighted by Crippen LogP contribution is 2.35. The van der Waals surface area contributed by atoms with Gasteiger partial charge in [-0.1, -0.05) is 17.7 Å². The van der Waals surface area contributed by atoms with E-state index in [0.29, 0.717) is 52.1 Å². The second kappa shape index (κ2) is 8.48. The highest BCUT2D eigenvalue weighted by Gasteiger charge is 2.16. The fraction of sp³-hybridized carbons (Fsp3) is 0.182. The quantitative estimate of drug-likeness (QED) is 0.541. The Hall–Kier alpha value is -3.14. The second-order valence-electron chi connectivity index (χ2n) is 6.85. The smallest absolute Gasteiger partial charge is 0.142 e. The van der Waals surface area contributed by atoms with Crippen molar-refractivity contribution in [3.05, 3.63) is 70.6 Å². The van der Waals surface area contributed by atoms with E-state index in [4.69, 9.17) is 11.6 Å². The number of aryl methyl sites for hydroxylation is 1. The molecule has 1 aromatic heterocycles. The van der Waals surface area contributed by atoms with Crippen LogP contribution in [0.25, 0.3) is 10.9 Å². The van der Waals surface area contributed by atoms with Gasteiger partial charge in [0.25, 0.3) is 0 Å². The Bertz CT molecular complexity index is 1140. The summed E-state index contributed by atoms with van der Waals surface area (Å²) < 4.78 is 14.1. The number of fused-ring (bicyclic) bond motifs is 1. The second-order valence-corrected chi connectivity index (χ2v) is 7.26. The molecule has 7 heteroatoms. The molecule has 0 bridgehead atoms. The van der Waals surface area contributed by atoms with Crippen LogP contribution in [0.3, 0.4) is 0 Å². The molecule has 0 unspecified atom stereocenters. The van der Waals surface area contributed by atoms with Crippen molar-refractivity contribution in [1.82, 2.24) is 9.88 Å². The third-order valence-corrected chi connectivity index (χ3v) is 4.88. The first kappa shape index (κ1) is 20.6. The molecule has 1 heterocycles. The van der Waals surface area contributed by atoms with Gasteiger partial charge in [0.15, 0.2) is 0 Å². The first-order chi connectivity index (χ1) is 13.8. The lowest BCUT2D eigenvalue weighted by Crippen LogP contribution is -2.18. The van der Waals surface area contributed by atoms with E-state index in [-0.39, 0.29) is 10.8 Å². The number of phenolic OH excluding ortho intramolecular Hbond substituents is 1. The average Bonchev–Trinajstić information content (AvgIpc) is 2.67. The molecule has 0 saturated heterocycles. The molecular formula is C22H20ClFN4O. The minimum Gasteiger partial charge on any atom is -0.508 e. The number of halogens is 2. The van der Waals surface area contributed by atoms with Crippen LogP contribution in [0.4, 0.5) is 15.8 Å². The van der Waals surface area contributed by atoms with Gasteiger partial charge < -0.3 is 10.4 Å². The molecule has 2 N–H and O–H groups in total. The zero-order valence-electron chi connectivity index (χ0n) is 16.1. The van der Waals surface area contributed by atoms with Crippen molar-refractivity contribution < 1.29 is 9.50 Å². The molecule has 3 aromatic rings. The summed E-state index contributed by atoms with van der Waals surface area (Å²) in [5.41, 5.74) is 3.31. The van der Waals surface area contributed by atoms with Crippen LogP contribution in [0.15, 0.2) is 43.1 Å². The van der Waals surface area contributed by atoms with Gasteiger partial charge in [-0.2, -0.15) is 5.26 Å². The molecule has 0 amide bonds. The maximum Gasteiger partial charge on any atom is 0.142 e. The van der Waals surface area contributed by atoms with Crippen molar-refractivity contribution in [2.45, 2.75) is 13.5 Å². The van der Waals surface area contributed by atoms with E-state index in [9.17, 15) is 14.8 Å². The number of nitrogens with one attached hydrogen (secondary N) is 1. The molecule has 5 nitrogen and oxygen atoms in total. The van der Waals surface area contributed by atoms with E-state index < -0.39 is 5.82 Å². The van der Waals surface area contributed by atoms with E-state index in [0.717, 1.165) is 0 Å². The molecule has 3 rings (SSSR count). The third kappa shape index (κ3) is 4.32. The van der Waals surface area contributed by atoms with Crippen LogP contribution >= 0.6 is 11.6 Å². The summed E-state index contributed by atoms with van der Waals surface area (Å²) in [7, 11) is 1.89. The maximum absolute atomic E-state index is 14.1. The van der Waals surface area contributed by atoms with Crippen molar-refractivity contribution in [2.24, 2.45) is 0 Å². The number of benzene rings is 2. The molecule has 0 aliphatic rings. The molecule has 148 valence electrons. The lowest BCUT2D eigenvalue weighted by molar-refractivity contribution is 0.363. The Kier molecular flexibility index (Phi) is 6.02. The van der Waals surface area contributed by atoms with Crippen molar-refractivity contribution in [3.63, 3.8) is 0 Å². The fourth-order valence-electron chi connectivity index (χ4n) is 3.10. The number of hydrogen-bond donors (Lipinski definition) is 2. The lowest BCUT2D eigenvalue weighted by Gasteiger charge is -2.20. The minimum absolute atomic E-state index is 0.0295. The fourth-order valence-corrected chi connectivity index (χ4v) is 3.26. The number of pyridine rings is 1. The van der Waals surface area contributed by atoms with Gasteiger partial charge in [0.05, 0.1) is 21.8 Å². The Morgan fingerprint density at radius 2 is 2.14 bits per heavy atom. The molecule has 0 aliphatic heterocycles. The summed E-state index contributed by atoms with van der Waals surface area (Å²) in [5, 5.41) is 23.5. The predicted octanol–water partition coefficient (Wildman–Crippen LogP) is 5.27. The molecule has 0 radical (unpaired) electrons. The van der Waals surface area contributed by atoms with Crippen LogP contribution in [0.1, 0.15) is 16.7 Å². The van der Waals surface area contributed by atoms with Crippen molar-refractivity contribution in [3.8, 4) is 11.8 Å². The molecule has 0 atom stereocenters. The van der Waals surface area contributed by atoms with Crippen molar-refractivity contribution >= 4 is 33.9 Å². The molecule has 0 aliphatic carbocycles. The van der Waals surface area contributed by atoms with E-state index in [1.165, 1.54) is 18.3 Å². The van der Waals surface area contributed by atoms with E-state index in [1.54, 1.807) is 25.1 Å². The number of hydrogen-bond acceptors (Lipinski definition) is 5. The number of aromatic nitrogens is 1. The Morgan fingerprint density at radius 1 is 1.38 bits per heavy atom. The van der Waals surface area contributed by atoms with Gasteiger partial charge in [-0.25, -0.2) is 4.39 Å². The Balaban J connectivity index is 2.15. The van der Waals surface area contributed by atoms with Crippen LogP contribution in [0, 0.1) is 24.1 Å². The topological polar surface area (TPSA) is 72.2 Å². The summed E-state index contributed by atoms with van der Waals surface area (Å²) >= 11 is 6.03. The van der Waals surface area contributed by atoms with E-state index >= 15 is 0 Å². The minimum atomic E-state index is -0.521. The first-order valence-electron chi connectivity index (χ1n) is 8.90. The number of nitrogens with zero attached hydrogens (tertiary/aromatic N) is 3. The molecule has 0 fully saturated rings. The molecule has 29 heavy (non-hydrogen) atoms. The van der Waals surface area contributed by atoms with E-state index in [2.05, 4.69) is 22.9 Å². The SMILES string of the molecule is C=CCN(C)Cc1cc(F)c(Cl)cc1Nc1c(C#N)cnc2cc(C)c(O)cc12. The lowest BCUT2D eigenvalue weighted by atomic mass is 10.1. The Labute approximate surface area is 173 Å². The summed E-state index contributed by atoms with van der Waals surface area (Å²) in [6, 6.07) is 8.29. The van der Waals surface area contributed by atoms with Gasteiger partial charge >= 0.3 is 0 Å². The molecule has 0 spiro atoms. The van der Waals surface area contributed by atoms with Gasteiger partial charge in [-0.05, 0) is 49.4 Å². The van der Waals surface area contributed by atoms with Crippen LogP contribution in [-0.4, -0.2) is 28.6 Å². The van der Waals surface area contributed by atoms with E-state index in [1.807, 2.05) is 11.9 Å². The van der Waals surface area contributed by atoms with Crippen LogP contribution in [0.5, 0.6) is 5.75 Å². The largest absolute Gasteiger partial charge is 0.508 e. The zero-order chi connectivity index (χ0) is 21.1. The van der Waals surface area contributed by atoms with Crippen LogP contribution in [-0.2, 0) is 6.54 Å². The molecule has 0 saturated carbocycles. The maximum atomic E-state index is 14.1. The van der Waals surface area contributed by atoms with Crippen molar-refractivity contribution in [1.29, 1.82) is 5.26 Å². The highest BCUT2D eigenvalue weighted by molar-refractivity contribution is 6.31. The molecular weight excluding hydrogens is 391 g/mol. The predicted molar refractivity (Wildman–Crippen MR) is 114 cm³/mol. The van der Waals surface area contributed by atoms with Gasteiger partial charge in [-0.3, -0.25) is 9.88 Å². The van der Waals surface area contributed by atoms with Gasteiger partial charge in [-0.15, -0.1) is 6.58 Å². The van der Waals surface area contributed by atoms with Crippen molar-refractivity contribution in [2.75, 3.05) is 18.9 Å². The summed E-state index contributed by atoms with van der Waals surface area (Å²) in [5.74, 6) is -0.423. The third-order valence-electron chi connectivity index (χ3n) is 4.59. The first-order valence-corrected chi connectivity index (χ1v) is 9.28. The highest BCUT2D eigenvalue weighted by atomic mass is 35.5. The molecule has 2 aromatic carbocycles. The zero-order valence-corrected chi connectivity index (χ0v) is 16.9. The number of phenols is 1. The van der Waals surface area contributed by atoms with Crippen LogP contribution in [0.2, 0.25) is 5.02 Å². The number of nitriles is 1.